The van der Waals surface area contributed by atoms with E-state index in [1.165, 1.54) is 17.5 Å². The SMILES string of the molecule is Cc1cc2c(cc1C)C(C)C2. The van der Waals surface area contributed by atoms with Crippen molar-refractivity contribution in [2.75, 3.05) is 0 Å². The minimum absolute atomic E-state index is 0.810. The summed E-state index contributed by atoms with van der Waals surface area (Å²) in [6.07, 6.45) is 1.29. The van der Waals surface area contributed by atoms with E-state index < -0.39 is 0 Å². The van der Waals surface area contributed by atoms with Crippen molar-refractivity contribution >= 4 is 0 Å². The van der Waals surface area contributed by atoms with Gasteiger partial charge >= 0.3 is 0 Å². The first-order valence-electron chi connectivity index (χ1n) is 4.28. The third-order valence-electron chi connectivity index (χ3n) is 2.81. The minimum atomic E-state index is 0.810. The molecule has 0 bridgehead atoms. The normalized spacial score (nSPS) is 20.8. The van der Waals surface area contributed by atoms with Crippen molar-refractivity contribution in [3.05, 3.63) is 34.4 Å². The Morgan fingerprint density at radius 1 is 1.18 bits per heavy atom. The number of fused-ring (bicyclic) bond motifs is 1. The summed E-state index contributed by atoms with van der Waals surface area (Å²) in [6, 6.07) is 4.68. The highest BCUT2D eigenvalue weighted by molar-refractivity contribution is 5.45. The highest BCUT2D eigenvalue weighted by Gasteiger charge is 2.21. The van der Waals surface area contributed by atoms with Gasteiger partial charge in [0.15, 0.2) is 0 Å². The largest absolute Gasteiger partial charge is 0.0581 e. The van der Waals surface area contributed by atoms with Gasteiger partial charge in [-0.25, -0.2) is 0 Å². The van der Waals surface area contributed by atoms with E-state index in [4.69, 9.17) is 0 Å². The van der Waals surface area contributed by atoms with Gasteiger partial charge in [-0.3, -0.25) is 0 Å². The Labute approximate surface area is 68.3 Å². The van der Waals surface area contributed by atoms with Gasteiger partial charge < -0.3 is 0 Å². The van der Waals surface area contributed by atoms with Gasteiger partial charge in [0.1, 0.15) is 0 Å². The van der Waals surface area contributed by atoms with E-state index >= 15 is 0 Å². The zero-order valence-corrected chi connectivity index (χ0v) is 7.44. The van der Waals surface area contributed by atoms with Crippen LogP contribution in [0.2, 0.25) is 0 Å². The van der Waals surface area contributed by atoms with Crippen LogP contribution in [0.1, 0.15) is 35.1 Å². The zero-order chi connectivity index (χ0) is 8.01. The molecule has 0 radical (unpaired) electrons. The lowest BCUT2D eigenvalue weighted by Crippen LogP contribution is -2.14. The summed E-state index contributed by atoms with van der Waals surface area (Å²) in [7, 11) is 0. The minimum Gasteiger partial charge on any atom is -0.0581 e. The lowest BCUT2D eigenvalue weighted by Gasteiger charge is -2.28. The standard InChI is InChI=1S/C11H14/c1-7-4-10-5-9(3)11(10)6-8(7)2/h4,6,9H,5H2,1-3H3. The van der Waals surface area contributed by atoms with Gasteiger partial charge in [0.05, 0.1) is 0 Å². The molecule has 1 aromatic carbocycles. The lowest BCUT2D eigenvalue weighted by molar-refractivity contribution is 0.665. The molecule has 0 aromatic heterocycles. The fraction of sp³-hybridized carbons (Fsp3) is 0.455. The van der Waals surface area contributed by atoms with Gasteiger partial charge in [0.2, 0.25) is 0 Å². The fourth-order valence-corrected chi connectivity index (χ4v) is 1.84. The average Bonchev–Trinajstić information content (AvgIpc) is 1.97. The van der Waals surface area contributed by atoms with Gasteiger partial charge in [-0.05, 0) is 48.4 Å². The van der Waals surface area contributed by atoms with Gasteiger partial charge in [-0.2, -0.15) is 0 Å². The predicted molar refractivity (Wildman–Crippen MR) is 48.0 cm³/mol. The lowest BCUT2D eigenvalue weighted by atomic mass is 9.77. The Morgan fingerprint density at radius 2 is 1.82 bits per heavy atom. The van der Waals surface area contributed by atoms with E-state index in [9.17, 15) is 0 Å². The van der Waals surface area contributed by atoms with Crippen LogP contribution in [0.5, 0.6) is 0 Å². The van der Waals surface area contributed by atoms with E-state index in [1.54, 1.807) is 11.1 Å². The number of aryl methyl sites for hydroxylation is 2. The molecule has 0 spiro atoms. The van der Waals surface area contributed by atoms with Crippen LogP contribution in [-0.2, 0) is 6.42 Å². The molecule has 1 aromatic rings. The average molecular weight is 146 g/mol. The molecule has 1 aliphatic rings. The van der Waals surface area contributed by atoms with Crippen LogP contribution in [0.3, 0.4) is 0 Å². The molecule has 0 fully saturated rings. The maximum absolute atomic E-state index is 2.35. The quantitative estimate of drug-likeness (QED) is 0.528. The molecule has 58 valence electrons. The number of hydrogen-bond acceptors (Lipinski definition) is 0. The molecule has 11 heavy (non-hydrogen) atoms. The van der Waals surface area contributed by atoms with Crippen molar-refractivity contribution in [3.63, 3.8) is 0 Å². The molecule has 1 unspecified atom stereocenters. The van der Waals surface area contributed by atoms with E-state index in [-0.39, 0.29) is 0 Å². The highest BCUT2D eigenvalue weighted by atomic mass is 14.3. The molecule has 0 saturated heterocycles. The molecule has 2 rings (SSSR count). The third-order valence-corrected chi connectivity index (χ3v) is 2.81. The van der Waals surface area contributed by atoms with Crippen molar-refractivity contribution in [3.8, 4) is 0 Å². The second kappa shape index (κ2) is 2.10. The maximum atomic E-state index is 2.35. The summed E-state index contributed by atoms with van der Waals surface area (Å²) in [5.74, 6) is 0.810. The first kappa shape index (κ1) is 6.90. The van der Waals surface area contributed by atoms with Gasteiger partial charge in [-0.15, -0.1) is 0 Å². The molecule has 0 aliphatic heterocycles. The Balaban J connectivity index is 2.55. The highest BCUT2D eigenvalue weighted by Crippen LogP contribution is 2.35. The summed E-state index contributed by atoms with van der Waals surface area (Å²) in [4.78, 5) is 0. The Morgan fingerprint density at radius 3 is 2.45 bits per heavy atom. The van der Waals surface area contributed by atoms with E-state index in [1.807, 2.05) is 0 Å². The van der Waals surface area contributed by atoms with Crippen molar-refractivity contribution in [2.45, 2.75) is 33.1 Å². The molecule has 0 heterocycles. The van der Waals surface area contributed by atoms with Crippen LogP contribution in [-0.4, -0.2) is 0 Å². The van der Waals surface area contributed by atoms with Crippen LogP contribution in [0.15, 0.2) is 12.1 Å². The van der Waals surface area contributed by atoms with Crippen LogP contribution < -0.4 is 0 Å². The number of rotatable bonds is 0. The Hall–Kier alpha value is -0.780. The molecular formula is C11H14. The van der Waals surface area contributed by atoms with E-state index in [0.29, 0.717) is 0 Å². The topological polar surface area (TPSA) is 0 Å². The molecule has 0 nitrogen and oxygen atoms in total. The van der Waals surface area contributed by atoms with Gasteiger partial charge in [0.25, 0.3) is 0 Å². The van der Waals surface area contributed by atoms with Crippen LogP contribution in [0, 0.1) is 13.8 Å². The number of hydrogen-bond donors (Lipinski definition) is 0. The summed E-state index contributed by atoms with van der Waals surface area (Å²) >= 11 is 0. The molecule has 0 N–H and O–H groups in total. The van der Waals surface area contributed by atoms with Crippen molar-refractivity contribution < 1.29 is 0 Å². The maximum Gasteiger partial charge on any atom is -0.0147 e. The molecule has 1 aliphatic carbocycles. The molecule has 0 heteroatoms. The second-order valence-corrected chi connectivity index (χ2v) is 3.74. The summed E-state index contributed by atoms with van der Waals surface area (Å²) in [5, 5.41) is 0. The van der Waals surface area contributed by atoms with Crippen LogP contribution in [0.4, 0.5) is 0 Å². The number of benzene rings is 1. The monoisotopic (exact) mass is 146 g/mol. The summed E-state index contributed by atoms with van der Waals surface area (Å²) < 4.78 is 0. The summed E-state index contributed by atoms with van der Waals surface area (Å²) in [6.45, 7) is 6.69. The molecule has 0 amide bonds. The van der Waals surface area contributed by atoms with Crippen molar-refractivity contribution in [1.82, 2.24) is 0 Å². The summed E-state index contributed by atoms with van der Waals surface area (Å²) in [5.41, 5.74) is 6.03. The van der Waals surface area contributed by atoms with Crippen LogP contribution >= 0.6 is 0 Å². The second-order valence-electron chi connectivity index (χ2n) is 3.74. The smallest absolute Gasteiger partial charge is 0.0147 e. The van der Waals surface area contributed by atoms with Crippen molar-refractivity contribution in [1.29, 1.82) is 0 Å². The molecule has 1 atom stereocenters. The van der Waals surface area contributed by atoms with E-state index in [0.717, 1.165) is 5.92 Å². The van der Waals surface area contributed by atoms with Gasteiger partial charge in [0, 0.05) is 0 Å². The first-order chi connectivity index (χ1) is 5.18. The zero-order valence-electron chi connectivity index (χ0n) is 7.44. The van der Waals surface area contributed by atoms with Crippen LogP contribution in [0.25, 0.3) is 0 Å². The molecule has 0 saturated carbocycles. The molecular weight excluding hydrogens is 132 g/mol. The van der Waals surface area contributed by atoms with Gasteiger partial charge in [-0.1, -0.05) is 19.1 Å². The predicted octanol–water partition coefficient (Wildman–Crippen LogP) is 2.96. The first-order valence-corrected chi connectivity index (χ1v) is 4.28. The Kier molecular flexibility index (Phi) is 1.32. The van der Waals surface area contributed by atoms with Crippen molar-refractivity contribution in [2.24, 2.45) is 0 Å². The fourth-order valence-electron chi connectivity index (χ4n) is 1.84. The van der Waals surface area contributed by atoms with E-state index in [2.05, 4.69) is 32.9 Å². The third kappa shape index (κ3) is 0.891. The Bertz CT molecular complexity index is 297.